The Kier molecular flexibility index (Phi) is 5.65. The monoisotopic (exact) mass is 443 g/mol. The van der Waals surface area contributed by atoms with E-state index in [-0.39, 0.29) is 11.9 Å². The van der Waals surface area contributed by atoms with E-state index in [4.69, 9.17) is 4.74 Å². The summed E-state index contributed by atoms with van der Waals surface area (Å²) in [6.45, 7) is 1.62. The minimum absolute atomic E-state index is 0.0382. The van der Waals surface area contributed by atoms with Crippen molar-refractivity contribution in [1.82, 2.24) is 24.6 Å². The van der Waals surface area contributed by atoms with Gasteiger partial charge in [0.25, 0.3) is 5.91 Å². The number of methoxy groups -OCH3 is 1. The summed E-state index contributed by atoms with van der Waals surface area (Å²) in [5.41, 5.74) is 2.78. The van der Waals surface area contributed by atoms with E-state index < -0.39 is 0 Å². The van der Waals surface area contributed by atoms with Crippen LogP contribution in [0.5, 0.6) is 5.75 Å². The number of carbonyl (C=O) groups is 1. The van der Waals surface area contributed by atoms with Gasteiger partial charge in [-0.2, -0.15) is 10.4 Å². The molecule has 0 bridgehead atoms. The predicted octanol–water partition coefficient (Wildman–Crippen LogP) is 3.80. The van der Waals surface area contributed by atoms with Crippen LogP contribution in [0.2, 0.25) is 0 Å². The summed E-state index contributed by atoms with van der Waals surface area (Å²) in [5, 5.41) is 16.9. The first-order chi connectivity index (χ1) is 16.2. The van der Waals surface area contributed by atoms with Crippen LogP contribution in [0, 0.1) is 17.2 Å². The standard InChI is InChI=1S/C24H25N7O2/c1-33-21-14-26-24(28-19-5-2-4-17(12-19)23(32)30-10-3-11-30)29-22(21)18-13-27-31(15-18)20(8-9-25)16-6-7-16/h2,4-5,12-16,20H,3,6-8,10-11H2,1H3,(H,26,28,29). The summed E-state index contributed by atoms with van der Waals surface area (Å²) in [7, 11) is 1.58. The van der Waals surface area contributed by atoms with E-state index in [9.17, 15) is 10.1 Å². The number of hydrogen-bond acceptors (Lipinski definition) is 7. The summed E-state index contributed by atoms with van der Waals surface area (Å²) < 4.78 is 7.36. The number of rotatable bonds is 8. The molecule has 2 aliphatic rings. The van der Waals surface area contributed by atoms with E-state index in [1.54, 1.807) is 19.5 Å². The Bertz CT molecular complexity index is 1210. The van der Waals surface area contributed by atoms with Crippen LogP contribution in [0.3, 0.4) is 0 Å². The molecule has 33 heavy (non-hydrogen) atoms. The van der Waals surface area contributed by atoms with Gasteiger partial charge in [0, 0.05) is 36.1 Å². The van der Waals surface area contributed by atoms with Crippen molar-refractivity contribution in [2.75, 3.05) is 25.5 Å². The summed E-state index contributed by atoms with van der Waals surface area (Å²) in [4.78, 5) is 23.4. The van der Waals surface area contributed by atoms with Gasteiger partial charge >= 0.3 is 0 Å². The predicted molar refractivity (Wildman–Crippen MR) is 122 cm³/mol. The minimum atomic E-state index is 0.0382. The quantitative estimate of drug-likeness (QED) is 0.564. The molecule has 1 amide bonds. The Morgan fingerprint density at radius 1 is 1.33 bits per heavy atom. The largest absolute Gasteiger partial charge is 0.493 e. The summed E-state index contributed by atoms with van der Waals surface area (Å²) in [5.74, 6) is 1.47. The molecular weight excluding hydrogens is 418 g/mol. The number of nitriles is 1. The van der Waals surface area contributed by atoms with Gasteiger partial charge in [0.2, 0.25) is 5.95 Å². The Hall–Kier alpha value is -3.93. The van der Waals surface area contributed by atoms with E-state index in [1.165, 1.54) is 0 Å². The third-order valence-electron chi connectivity index (χ3n) is 6.17. The van der Waals surface area contributed by atoms with Crippen LogP contribution in [0.15, 0.2) is 42.9 Å². The second kappa shape index (κ2) is 8.90. The van der Waals surface area contributed by atoms with Crippen molar-refractivity contribution in [2.45, 2.75) is 31.7 Å². The van der Waals surface area contributed by atoms with Crippen LogP contribution < -0.4 is 10.1 Å². The van der Waals surface area contributed by atoms with Gasteiger partial charge in [-0.1, -0.05) is 6.07 Å². The van der Waals surface area contributed by atoms with Gasteiger partial charge in [0.05, 0.1) is 38.0 Å². The number of hydrogen-bond donors (Lipinski definition) is 1. The number of anilines is 2. The van der Waals surface area contributed by atoms with Gasteiger partial charge in [-0.25, -0.2) is 9.97 Å². The zero-order chi connectivity index (χ0) is 22.8. The number of nitrogens with zero attached hydrogens (tertiary/aromatic N) is 6. The molecule has 2 aromatic heterocycles. The molecular formula is C24H25N7O2. The van der Waals surface area contributed by atoms with E-state index in [0.29, 0.717) is 35.3 Å². The number of ether oxygens (including phenoxy) is 1. The molecule has 1 aliphatic heterocycles. The average molecular weight is 444 g/mol. The molecule has 1 aromatic carbocycles. The van der Waals surface area contributed by atoms with E-state index in [2.05, 4.69) is 26.5 Å². The molecule has 0 spiro atoms. The topological polar surface area (TPSA) is 109 Å². The van der Waals surface area contributed by atoms with Crippen LogP contribution in [0.1, 0.15) is 42.1 Å². The highest BCUT2D eigenvalue weighted by molar-refractivity contribution is 5.95. The molecule has 2 fully saturated rings. The molecule has 1 aliphatic carbocycles. The fourth-order valence-electron chi connectivity index (χ4n) is 4.04. The lowest BCUT2D eigenvalue weighted by Crippen LogP contribution is -2.42. The molecule has 1 saturated heterocycles. The van der Waals surface area contributed by atoms with Gasteiger partial charge in [0.1, 0.15) is 5.69 Å². The Labute approximate surface area is 192 Å². The number of carbonyl (C=O) groups excluding carboxylic acids is 1. The van der Waals surface area contributed by atoms with Crippen molar-refractivity contribution >= 4 is 17.5 Å². The lowest BCUT2D eigenvalue weighted by atomic mass is 10.1. The third kappa shape index (κ3) is 4.37. The van der Waals surface area contributed by atoms with Crippen LogP contribution in [-0.2, 0) is 0 Å². The number of nitrogens with one attached hydrogen (secondary N) is 1. The van der Waals surface area contributed by atoms with Crippen LogP contribution in [0.25, 0.3) is 11.3 Å². The summed E-state index contributed by atoms with van der Waals surface area (Å²) in [6.07, 6.45) is 9.03. The van der Waals surface area contributed by atoms with Gasteiger partial charge in [-0.05, 0) is 43.4 Å². The molecule has 1 N–H and O–H groups in total. The minimum Gasteiger partial charge on any atom is -0.493 e. The van der Waals surface area contributed by atoms with Crippen molar-refractivity contribution in [3.8, 4) is 23.1 Å². The Morgan fingerprint density at radius 3 is 2.88 bits per heavy atom. The van der Waals surface area contributed by atoms with E-state index in [1.807, 2.05) is 40.0 Å². The summed E-state index contributed by atoms with van der Waals surface area (Å²) in [6, 6.07) is 9.71. The smallest absolute Gasteiger partial charge is 0.253 e. The van der Waals surface area contributed by atoms with Gasteiger partial charge < -0.3 is 15.0 Å². The van der Waals surface area contributed by atoms with Crippen molar-refractivity contribution in [1.29, 1.82) is 5.26 Å². The molecule has 9 nitrogen and oxygen atoms in total. The lowest BCUT2D eigenvalue weighted by molar-refractivity contribution is 0.0652. The van der Waals surface area contributed by atoms with Crippen molar-refractivity contribution < 1.29 is 9.53 Å². The van der Waals surface area contributed by atoms with Crippen molar-refractivity contribution in [2.24, 2.45) is 5.92 Å². The molecule has 5 rings (SSSR count). The molecule has 0 radical (unpaired) electrons. The first kappa shape index (κ1) is 20.9. The highest BCUT2D eigenvalue weighted by atomic mass is 16.5. The maximum Gasteiger partial charge on any atom is 0.253 e. The first-order valence-electron chi connectivity index (χ1n) is 11.1. The number of amides is 1. The average Bonchev–Trinajstić information content (AvgIpc) is 3.52. The van der Waals surface area contributed by atoms with E-state index >= 15 is 0 Å². The maximum absolute atomic E-state index is 12.5. The zero-order valence-electron chi connectivity index (χ0n) is 18.4. The second-order valence-corrected chi connectivity index (χ2v) is 8.44. The SMILES string of the molecule is COc1cnc(Nc2cccc(C(=O)N3CCC3)c2)nc1-c1cnn(C(CC#N)C2CC2)c1. The van der Waals surface area contributed by atoms with Crippen molar-refractivity contribution in [3.63, 3.8) is 0 Å². The number of aromatic nitrogens is 4. The molecule has 3 heterocycles. The van der Waals surface area contributed by atoms with Crippen LogP contribution >= 0.6 is 0 Å². The fraction of sp³-hybridized carbons (Fsp3) is 0.375. The number of likely N-dealkylation sites (tertiary alicyclic amines) is 1. The van der Waals surface area contributed by atoms with Crippen LogP contribution in [-0.4, -0.2) is 50.8 Å². The first-order valence-corrected chi connectivity index (χ1v) is 11.1. The fourth-order valence-corrected chi connectivity index (χ4v) is 4.04. The van der Waals surface area contributed by atoms with Gasteiger partial charge in [-0.15, -0.1) is 0 Å². The molecule has 1 unspecified atom stereocenters. The van der Waals surface area contributed by atoms with Gasteiger partial charge in [-0.3, -0.25) is 9.48 Å². The molecule has 9 heteroatoms. The van der Waals surface area contributed by atoms with Crippen molar-refractivity contribution in [3.05, 3.63) is 48.4 Å². The lowest BCUT2D eigenvalue weighted by Gasteiger charge is -2.31. The normalized spacial score (nSPS) is 15.9. The zero-order valence-corrected chi connectivity index (χ0v) is 18.4. The highest BCUT2D eigenvalue weighted by Gasteiger charge is 2.33. The highest BCUT2D eigenvalue weighted by Crippen LogP contribution is 2.41. The van der Waals surface area contributed by atoms with E-state index in [0.717, 1.165) is 43.6 Å². The maximum atomic E-state index is 12.5. The molecule has 3 aromatic rings. The third-order valence-corrected chi connectivity index (χ3v) is 6.17. The molecule has 1 atom stereocenters. The molecule has 1 saturated carbocycles. The van der Waals surface area contributed by atoms with Crippen LogP contribution in [0.4, 0.5) is 11.6 Å². The summed E-state index contributed by atoms with van der Waals surface area (Å²) >= 11 is 0. The van der Waals surface area contributed by atoms with Gasteiger partial charge in [0.15, 0.2) is 5.75 Å². The molecule has 168 valence electrons. The number of benzene rings is 1. The Balaban J connectivity index is 1.39. The second-order valence-electron chi connectivity index (χ2n) is 8.44. The Morgan fingerprint density at radius 2 is 2.18 bits per heavy atom.